The van der Waals surface area contributed by atoms with Gasteiger partial charge in [0.25, 0.3) is 5.78 Å². The van der Waals surface area contributed by atoms with Crippen molar-refractivity contribution in [2.24, 2.45) is 0 Å². The molecule has 0 saturated heterocycles. The number of carbonyl (C=O) groups is 1. The molecule has 152 valence electrons. The second kappa shape index (κ2) is 7.22. The molecule has 2 aromatic heterocycles. The number of amides is 1. The number of thiazole rings is 1. The molecule has 0 saturated carbocycles. The lowest BCUT2D eigenvalue weighted by Crippen LogP contribution is -2.33. The van der Waals surface area contributed by atoms with E-state index in [1.165, 1.54) is 13.1 Å². The number of aryl methyl sites for hydroxylation is 1. The molecule has 1 aliphatic carbocycles. The van der Waals surface area contributed by atoms with Gasteiger partial charge in [0.1, 0.15) is 11.6 Å². The van der Waals surface area contributed by atoms with Crippen LogP contribution in [0.4, 0.5) is 19.6 Å². The second-order valence-electron chi connectivity index (χ2n) is 7.04. The zero-order valence-electron chi connectivity index (χ0n) is 16.2. The molecule has 2 aromatic rings. The highest BCUT2D eigenvalue weighted by molar-refractivity contribution is 7.17. The molecule has 0 radical (unpaired) electrons. The number of hydrogen-bond acceptors (Lipinski definition) is 6. The fourth-order valence-electron chi connectivity index (χ4n) is 3.32. The fourth-order valence-corrected chi connectivity index (χ4v) is 4.40. The number of hydrogen-bond donors (Lipinski definition) is 1. The van der Waals surface area contributed by atoms with E-state index >= 15 is 0 Å². The zero-order valence-corrected chi connectivity index (χ0v) is 17.0. The molecule has 29 heavy (non-hydrogen) atoms. The predicted octanol–water partition coefficient (Wildman–Crippen LogP) is 3.43. The SMILES string of the molecule is CC(=O)Nc1nc2c(s1)C1=C(CCC2)C(c2ccc(N(C)C)nc2)=[O+][B-](F)(F)O1. The maximum absolute atomic E-state index is 14.4. The Balaban J connectivity index is 1.81. The lowest BCUT2D eigenvalue weighted by atomic mass is 9.96. The van der Waals surface area contributed by atoms with Crippen LogP contribution in [0.25, 0.3) is 5.76 Å². The van der Waals surface area contributed by atoms with E-state index in [0.717, 1.165) is 11.3 Å². The fraction of sp³-hybridized carbons (Fsp3) is 0.333. The molecule has 0 aromatic carbocycles. The van der Waals surface area contributed by atoms with Crippen molar-refractivity contribution >= 4 is 46.8 Å². The third kappa shape index (κ3) is 3.86. The molecule has 1 N–H and O–H groups in total. The molecule has 1 amide bonds. The van der Waals surface area contributed by atoms with Gasteiger partial charge in [-0.3, -0.25) is 4.79 Å². The van der Waals surface area contributed by atoms with Crippen molar-refractivity contribution in [3.63, 3.8) is 0 Å². The lowest BCUT2D eigenvalue weighted by Gasteiger charge is -2.23. The third-order valence-electron chi connectivity index (χ3n) is 4.55. The van der Waals surface area contributed by atoms with Gasteiger partial charge in [-0.2, -0.15) is 0 Å². The first-order chi connectivity index (χ1) is 13.7. The van der Waals surface area contributed by atoms with Gasteiger partial charge in [-0.15, -0.1) is 0 Å². The minimum absolute atomic E-state index is 0.0783. The van der Waals surface area contributed by atoms with E-state index in [-0.39, 0.29) is 17.4 Å². The molecule has 0 fully saturated rings. The summed E-state index contributed by atoms with van der Waals surface area (Å²) in [6.07, 6.45) is 3.30. The van der Waals surface area contributed by atoms with Crippen LogP contribution < -0.4 is 10.2 Å². The van der Waals surface area contributed by atoms with Crippen molar-refractivity contribution in [3.8, 4) is 0 Å². The molecule has 11 heteroatoms. The average molecular weight is 420 g/mol. The number of aromatic nitrogens is 2. The Morgan fingerprint density at radius 1 is 1.34 bits per heavy atom. The Morgan fingerprint density at radius 3 is 2.79 bits per heavy atom. The Morgan fingerprint density at radius 2 is 2.14 bits per heavy atom. The van der Waals surface area contributed by atoms with E-state index in [1.54, 1.807) is 12.1 Å². The van der Waals surface area contributed by atoms with Crippen LogP contribution in [0, 0.1) is 0 Å². The van der Waals surface area contributed by atoms with E-state index in [1.807, 2.05) is 19.0 Å². The molecule has 1 aliphatic heterocycles. The quantitative estimate of drug-likeness (QED) is 0.608. The summed E-state index contributed by atoms with van der Waals surface area (Å²) < 4.78 is 38.8. The van der Waals surface area contributed by atoms with Crippen molar-refractivity contribution in [2.45, 2.75) is 26.2 Å². The van der Waals surface area contributed by atoms with Crippen molar-refractivity contribution < 1.29 is 22.4 Å². The van der Waals surface area contributed by atoms with Crippen LogP contribution in [0.15, 0.2) is 23.9 Å². The highest BCUT2D eigenvalue weighted by Crippen LogP contribution is 2.42. The van der Waals surface area contributed by atoms with Gasteiger partial charge >= 0.3 is 7.11 Å². The first-order valence-electron chi connectivity index (χ1n) is 9.13. The number of anilines is 2. The molecule has 2 aliphatic rings. The van der Waals surface area contributed by atoms with Crippen molar-refractivity contribution in [3.05, 3.63) is 40.0 Å². The van der Waals surface area contributed by atoms with Crippen molar-refractivity contribution in [2.75, 3.05) is 24.3 Å². The monoisotopic (exact) mass is 420 g/mol. The summed E-state index contributed by atoms with van der Waals surface area (Å²) in [5.41, 5.74) is 1.66. The van der Waals surface area contributed by atoms with Gasteiger partial charge in [-0.05, 0) is 31.4 Å². The number of fused-ring (bicyclic) bond motifs is 2. The molecule has 0 bridgehead atoms. The number of nitrogens with zero attached hydrogens (tertiary/aromatic N) is 3. The summed E-state index contributed by atoms with van der Waals surface area (Å²) in [7, 11) is -0.853. The van der Waals surface area contributed by atoms with Crippen LogP contribution in [0.2, 0.25) is 0 Å². The summed E-state index contributed by atoms with van der Waals surface area (Å²) in [4.78, 5) is 22.4. The number of rotatable bonds is 3. The maximum Gasteiger partial charge on any atom is 0.995 e. The predicted molar refractivity (Wildman–Crippen MR) is 108 cm³/mol. The summed E-state index contributed by atoms with van der Waals surface area (Å²) >= 11 is 1.13. The Hall–Kier alpha value is -2.82. The molecule has 7 nitrogen and oxygen atoms in total. The smallest absolute Gasteiger partial charge is 0.568 e. The first kappa shape index (κ1) is 19.5. The topological polar surface area (TPSA) is 78.7 Å². The summed E-state index contributed by atoms with van der Waals surface area (Å²) in [6.45, 7) is 1.37. The summed E-state index contributed by atoms with van der Waals surface area (Å²) in [5.74, 6) is 0.592. The standard InChI is InChI=1S/C18H19BF2N4O3S/c1-10(26)23-18-24-13-6-4-5-12-15(11-7-8-14(22-9-11)25(2)3)27-19(20,21)28-16(12)17(13)29-18/h7-9H,4-6H2,1-3H3,(H,23,24,26). The van der Waals surface area contributed by atoms with E-state index in [0.29, 0.717) is 51.9 Å². The lowest BCUT2D eigenvalue weighted by molar-refractivity contribution is -0.184. The number of pyridine rings is 1. The van der Waals surface area contributed by atoms with E-state index in [2.05, 4.69) is 15.3 Å². The number of carbonyl (C=O) groups excluding carboxylic acids is 2. The van der Waals surface area contributed by atoms with Gasteiger partial charge in [-0.1, -0.05) is 11.3 Å². The van der Waals surface area contributed by atoms with Crippen LogP contribution in [-0.4, -0.2) is 42.9 Å². The van der Waals surface area contributed by atoms with Gasteiger partial charge in [0.2, 0.25) is 5.91 Å². The van der Waals surface area contributed by atoms with E-state index in [4.69, 9.17) is 9.00 Å². The van der Waals surface area contributed by atoms with Crippen LogP contribution in [0.1, 0.15) is 40.2 Å². The van der Waals surface area contributed by atoms with Crippen LogP contribution in [0.3, 0.4) is 0 Å². The average Bonchev–Trinajstić information content (AvgIpc) is 2.96. The minimum atomic E-state index is -4.55. The molecular formula is C18H19BF2N4O3S. The number of nitrogens with one attached hydrogen (secondary N) is 1. The van der Waals surface area contributed by atoms with E-state index in [9.17, 15) is 13.4 Å². The number of allylic oxidation sites excluding steroid dienone is 1. The van der Waals surface area contributed by atoms with Crippen LogP contribution in [0.5, 0.6) is 0 Å². The van der Waals surface area contributed by atoms with Gasteiger partial charge < -0.3 is 27.8 Å². The zero-order chi connectivity index (χ0) is 20.8. The first-order valence-corrected chi connectivity index (χ1v) is 9.95. The Kier molecular flexibility index (Phi) is 4.85. The third-order valence-corrected chi connectivity index (χ3v) is 5.57. The van der Waals surface area contributed by atoms with Crippen molar-refractivity contribution in [1.29, 1.82) is 0 Å². The minimum Gasteiger partial charge on any atom is -0.568 e. The van der Waals surface area contributed by atoms with E-state index < -0.39 is 7.11 Å². The van der Waals surface area contributed by atoms with Crippen LogP contribution >= 0.6 is 11.3 Å². The maximum atomic E-state index is 14.4. The van der Waals surface area contributed by atoms with Crippen molar-refractivity contribution in [1.82, 2.24) is 9.97 Å². The van der Waals surface area contributed by atoms with Gasteiger partial charge in [0, 0.05) is 27.2 Å². The second-order valence-corrected chi connectivity index (χ2v) is 8.04. The molecule has 0 atom stereocenters. The number of halogens is 2. The highest BCUT2D eigenvalue weighted by atomic mass is 32.1. The number of ketones is 1. The Labute approximate surface area is 170 Å². The van der Waals surface area contributed by atoms with Crippen LogP contribution in [-0.2, 0) is 15.9 Å². The molecular weight excluding hydrogens is 401 g/mol. The van der Waals surface area contributed by atoms with Gasteiger partial charge in [0.15, 0.2) is 5.13 Å². The molecule has 3 heterocycles. The molecule has 0 spiro atoms. The van der Waals surface area contributed by atoms with Gasteiger partial charge in [0.05, 0.1) is 21.7 Å². The summed E-state index contributed by atoms with van der Waals surface area (Å²) in [6, 6.07) is 3.46. The largest absolute Gasteiger partial charge is 0.995 e. The Bertz CT molecular complexity index is 1030. The normalized spacial score (nSPS) is 17.5. The highest BCUT2D eigenvalue weighted by Gasteiger charge is 2.55. The molecule has 0 unspecified atom stereocenters. The van der Waals surface area contributed by atoms with Gasteiger partial charge in [-0.25, -0.2) is 9.97 Å². The molecule has 4 rings (SSSR count). The summed E-state index contributed by atoms with van der Waals surface area (Å²) in [5, 5.41) is 2.98.